The number of carbonyl (C=O) groups excluding carboxylic acids is 1. The van der Waals surface area contributed by atoms with E-state index < -0.39 is 23.4 Å². The molecule has 0 bridgehead atoms. The van der Waals surface area contributed by atoms with E-state index in [1.165, 1.54) is 19.1 Å². The second-order valence-corrected chi connectivity index (χ2v) is 8.47. The number of amidine groups is 1. The number of benzene rings is 1. The molecule has 31 heavy (non-hydrogen) atoms. The standard InChI is InChI=1S/C21H25F3N4O3/c1-12-8-9-14(11-15(12)21(22,23)24)17-26-18(31-27-17)16-7-6-10-28(16)13(2)25-19(29)30-20(3,4)5/h8-9,11,16H,6-7,10H2,1-5H3/t16-/m0/s1. The summed E-state index contributed by atoms with van der Waals surface area (Å²) in [5.41, 5.74) is -1.05. The molecule has 1 aromatic heterocycles. The van der Waals surface area contributed by atoms with Gasteiger partial charge in [-0.1, -0.05) is 17.3 Å². The number of ether oxygens (including phenoxy) is 1. The number of hydrogen-bond donors (Lipinski definition) is 0. The molecule has 1 atom stereocenters. The number of carbonyl (C=O) groups is 1. The van der Waals surface area contributed by atoms with Crippen LogP contribution in [0.4, 0.5) is 18.0 Å². The summed E-state index contributed by atoms with van der Waals surface area (Å²) in [6, 6.07) is 3.61. The Hall–Kier alpha value is -2.91. The van der Waals surface area contributed by atoms with Gasteiger partial charge in [-0.25, -0.2) is 4.79 Å². The van der Waals surface area contributed by atoms with Crippen LogP contribution in [0, 0.1) is 6.92 Å². The highest BCUT2D eigenvalue weighted by Crippen LogP contribution is 2.36. The van der Waals surface area contributed by atoms with E-state index >= 15 is 0 Å². The molecule has 1 saturated heterocycles. The van der Waals surface area contributed by atoms with Crippen LogP contribution in [0.25, 0.3) is 11.4 Å². The van der Waals surface area contributed by atoms with E-state index in [0.29, 0.717) is 18.8 Å². The lowest BCUT2D eigenvalue weighted by atomic mass is 10.0. The summed E-state index contributed by atoms with van der Waals surface area (Å²) in [6.07, 6.45) is -3.66. The van der Waals surface area contributed by atoms with Crippen LogP contribution < -0.4 is 0 Å². The van der Waals surface area contributed by atoms with Crippen LogP contribution in [0.5, 0.6) is 0 Å². The van der Waals surface area contributed by atoms with E-state index in [4.69, 9.17) is 9.26 Å². The molecule has 10 heteroatoms. The number of aliphatic imine (C=N–C) groups is 1. The minimum atomic E-state index is -4.47. The number of alkyl halides is 3. The highest BCUT2D eigenvalue weighted by Gasteiger charge is 2.34. The Labute approximate surface area is 178 Å². The minimum absolute atomic E-state index is 0.0779. The third-order valence-corrected chi connectivity index (χ3v) is 4.84. The van der Waals surface area contributed by atoms with E-state index in [9.17, 15) is 18.0 Å². The molecule has 1 aliphatic rings. The van der Waals surface area contributed by atoms with Crippen molar-refractivity contribution in [1.82, 2.24) is 15.0 Å². The van der Waals surface area contributed by atoms with Crippen LogP contribution in [0.3, 0.4) is 0 Å². The van der Waals surface area contributed by atoms with Crippen LogP contribution in [-0.4, -0.2) is 39.1 Å². The van der Waals surface area contributed by atoms with E-state index in [1.807, 2.05) is 4.90 Å². The van der Waals surface area contributed by atoms with Gasteiger partial charge in [-0.05, 0) is 59.1 Å². The van der Waals surface area contributed by atoms with Crippen molar-refractivity contribution in [3.8, 4) is 11.4 Å². The zero-order valence-electron chi connectivity index (χ0n) is 18.1. The molecule has 2 aromatic rings. The predicted octanol–water partition coefficient (Wildman–Crippen LogP) is 5.55. The zero-order chi connectivity index (χ0) is 23.0. The fraction of sp³-hybridized carbons (Fsp3) is 0.524. The van der Waals surface area contributed by atoms with E-state index in [1.54, 1.807) is 27.7 Å². The SMILES string of the molecule is CC(=NC(=O)OC(C)(C)C)N1CCC[C@H]1c1nc(-c2ccc(C)c(C(F)(F)F)c2)no1. The summed E-state index contributed by atoms with van der Waals surface area (Å²) < 4.78 is 50.3. The first-order chi connectivity index (χ1) is 14.3. The van der Waals surface area contributed by atoms with Gasteiger partial charge < -0.3 is 14.2 Å². The Kier molecular flexibility index (Phi) is 6.11. The van der Waals surface area contributed by atoms with Gasteiger partial charge in [0.05, 0.1) is 5.56 Å². The molecule has 2 heterocycles. The van der Waals surface area contributed by atoms with Crippen molar-refractivity contribution in [2.75, 3.05) is 6.54 Å². The van der Waals surface area contributed by atoms with E-state index in [0.717, 1.165) is 12.5 Å². The third kappa shape index (κ3) is 5.42. The number of aryl methyl sites for hydroxylation is 1. The third-order valence-electron chi connectivity index (χ3n) is 4.84. The van der Waals surface area contributed by atoms with Gasteiger partial charge in [-0.2, -0.15) is 23.1 Å². The minimum Gasteiger partial charge on any atom is -0.442 e. The highest BCUT2D eigenvalue weighted by atomic mass is 19.4. The fourth-order valence-corrected chi connectivity index (χ4v) is 3.45. The van der Waals surface area contributed by atoms with Crippen molar-refractivity contribution in [3.05, 3.63) is 35.2 Å². The first kappa shape index (κ1) is 22.8. The smallest absolute Gasteiger partial charge is 0.435 e. The lowest BCUT2D eigenvalue weighted by Crippen LogP contribution is -2.30. The lowest BCUT2D eigenvalue weighted by Gasteiger charge is -2.24. The normalized spacial score (nSPS) is 17.9. The first-order valence-electron chi connectivity index (χ1n) is 9.92. The average molecular weight is 438 g/mol. The molecule has 1 aliphatic heterocycles. The maximum absolute atomic E-state index is 13.2. The second-order valence-electron chi connectivity index (χ2n) is 8.47. The summed E-state index contributed by atoms with van der Waals surface area (Å²) in [5, 5.41) is 3.88. The summed E-state index contributed by atoms with van der Waals surface area (Å²) in [7, 11) is 0. The molecule has 168 valence electrons. The topological polar surface area (TPSA) is 80.8 Å². The van der Waals surface area contributed by atoms with Crippen LogP contribution in [0.1, 0.15) is 63.6 Å². The Morgan fingerprint density at radius 1 is 1.29 bits per heavy atom. The molecule has 0 spiro atoms. The molecule has 0 saturated carbocycles. The van der Waals surface area contributed by atoms with E-state index in [-0.39, 0.29) is 28.9 Å². The molecule has 1 aromatic carbocycles. The van der Waals surface area contributed by atoms with Gasteiger partial charge >= 0.3 is 12.3 Å². The molecular formula is C21H25F3N4O3. The number of nitrogens with zero attached hydrogens (tertiary/aromatic N) is 4. The Balaban J connectivity index is 1.83. The number of amides is 1. The fourth-order valence-electron chi connectivity index (χ4n) is 3.45. The Morgan fingerprint density at radius 2 is 2.00 bits per heavy atom. The van der Waals surface area contributed by atoms with Crippen molar-refractivity contribution < 1.29 is 27.2 Å². The van der Waals surface area contributed by atoms with Crippen LogP contribution in [-0.2, 0) is 10.9 Å². The highest BCUT2D eigenvalue weighted by molar-refractivity contribution is 5.90. The number of rotatable bonds is 2. The summed E-state index contributed by atoms with van der Waals surface area (Å²) in [5.74, 6) is 0.792. The largest absolute Gasteiger partial charge is 0.442 e. The molecule has 3 rings (SSSR count). The van der Waals surface area contributed by atoms with Crippen LogP contribution in [0.2, 0.25) is 0 Å². The van der Waals surface area contributed by atoms with Crippen molar-refractivity contribution in [1.29, 1.82) is 0 Å². The zero-order valence-corrected chi connectivity index (χ0v) is 18.1. The molecule has 7 nitrogen and oxygen atoms in total. The van der Waals surface area contributed by atoms with Crippen molar-refractivity contribution in [2.24, 2.45) is 4.99 Å². The second kappa shape index (κ2) is 8.32. The molecule has 1 fully saturated rings. The molecule has 0 unspecified atom stereocenters. The summed E-state index contributed by atoms with van der Waals surface area (Å²) in [6.45, 7) is 8.98. The number of likely N-dealkylation sites (tertiary alicyclic amines) is 1. The van der Waals surface area contributed by atoms with Crippen molar-refractivity contribution in [2.45, 2.75) is 65.3 Å². The monoisotopic (exact) mass is 438 g/mol. The maximum Gasteiger partial charge on any atom is 0.435 e. The lowest BCUT2D eigenvalue weighted by molar-refractivity contribution is -0.138. The van der Waals surface area contributed by atoms with Crippen molar-refractivity contribution in [3.63, 3.8) is 0 Å². The average Bonchev–Trinajstić information content (AvgIpc) is 3.28. The van der Waals surface area contributed by atoms with Gasteiger partial charge in [-0.15, -0.1) is 0 Å². The van der Waals surface area contributed by atoms with Crippen molar-refractivity contribution >= 4 is 11.9 Å². The molecule has 0 aliphatic carbocycles. The summed E-state index contributed by atoms with van der Waals surface area (Å²) >= 11 is 0. The van der Waals surface area contributed by atoms with Gasteiger partial charge in [0.2, 0.25) is 11.7 Å². The molecular weight excluding hydrogens is 413 g/mol. The quantitative estimate of drug-likeness (QED) is 0.451. The summed E-state index contributed by atoms with van der Waals surface area (Å²) in [4.78, 5) is 22.2. The van der Waals surface area contributed by atoms with Gasteiger partial charge in [0.25, 0.3) is 0 Å². The predicted molar refractivity (Wildman–Crippen MR) is 107 cm³/mol. The molecule has 0 radical (unpaired) electrons. The molecule has 1 amide bonds. The van der Waals surface area contributed by atoms with Crippen LogP contribution in [0.15, 0.2) is 27.7 Å². The van der Waals surface area contributed by atoms with Gasteiger partial charge in [0, 0.05) is 12.1 Å². The number of aromatic nitrogens is 2. The van der Waals surface area contributed by atoms with Crippen LogP contribution >= 0.6 is 0 Å². The van der Waals surface area contributed by atoms with Gasteiger partial charge in [0.15, 0.2) is 0 Å². The Morgan fingerprint density at radius 3 is 2.65 bits per heavy atom. The van der Waals surface area contributed by atoms with Gasteiger partial charge in [0.1, 0.15) is 17.5 Å². The van der Waals surface area contributed by atoms with E-state index in [2.05, 4.69) is 15.1 Å². The molecule has 0 N–H and O–H groups in total. The maximum atomic E-state index is 13.2. The van der Waals surface area contributed by atoms with Gasteiger partial charge in [-0.3, -0.25) is 0 Å². The number of hydrogen-bond acceptors (Lipinski definition) is 5. The number of halogens is 3. The first-order valence-corrected chi connectivity index (χ1v) is 9.92. The Bertz CT molecular complexity index is 992.